The second kappa shape index (κ2) is 10.4. The normalized spacial score (nSPS) is 14.7. The monoisotopic (exact) mass is 547 g/mol. The number of methoxy groups -OCH3 is 1. The minimum atomic E-state index is -4.66. The number of benzene rings is 2. The fourth-order valence-corrected chi connectivity index (χ4v) is 4.23. The van der Waals surface area contributed by atoms with E-state index in [0.717, 1.165) is 12.1 Å². The first-order valence-electron chi connectivity index (χ1n) is 10.6. The largest absolute Gasteiger partial charge is 0.495 e. The number of rotatable bonds is 7. The number of imide groups is 1. The zero-order valence-electron chi connectivity index (χ0n) is 19.3. The van der Waals surface area contributed by atoms with Crippen molar-refractivity contribution in [1.82, 2.24) is 4.90 Å². The van der Waals surface area contributed by atoms with Crippen LogP contribution in [0.1, 0.15) is 11.3 Å². The maximum atomic E-state index is 13.0. The Morgan fingerprint density at radius 1 is 1.16 bits per heavy atom. The third-order valence-electron chi connectivity index (χ3n) is 5.24. The summed E-state index contributed by atoms with van der Waals surface area (Å²) < 4.78 is 49.8. The zero-order chi connectivity index (χ0) is 27.6. The number of non-ortho nitro benzene ring substituents is 1. The highest BCUT2D eigenvalue weighted by Crippen LogP contribution is 2.36. The molecule has 3 aromatic rings. The van der Waals surface area contributed by atoms with E-state index in [1.54, 1.807) is 6.07 Å². The van der Waals surface area contributed by atoms with Crippen molar-refractivity contribution in [2.24, 2.45) is 0 Å². The van der Waals surface area contributed by atoms with Crippen molar-refractivity contribution in [3.05, 3.63) is 80.9 Å². The van der Waals surface area contributed by atoms with Crippen molar-refractivity contribution >= 4 is 46.3 Å². The standard InChI is InChI=1S/C24H16F3N3O7S/c1-36-19-8-4-14(24(25,26)27)10-17(19)28-21(31)12-29-22(32)20(38-23(29)33)11-16-7-9-18(37-16)13-2-5-15(6-3-13)30(34)35/h2-11H,12H2,1H3,(H,28,31)/b20-11-. The highest BCUT2D eigenvalue weighted by molar-refractivity contribution is 8.18. The van der Waals surface area contributed by atoms with E-state index in [9.17, 15) is 37.7 Å². The number of halogens is 3. The van der Waals surface area contributed by atoms with Crippen LogP contribution in [0.15, 0.2) is 63.9 Å². The van der Waals surface area contributed by atoms with Gasteiger partial charge < -0.3 is 14.5 Å². The molecule has 14 heteroatoms. The molecule has 1 aliphatic heterocycles. The number of ether oxygens (including phenoxy) is 1. The van der Waals surface area contributed by atoms with E-state index in [2.05, 4.69) is 5.32 Å². The highest BCUT2D eigenvalue weighted by atomic mass is 32.2. The summed E-state index contributed by atoms with van der Waals surface area (Å²) in [5.74, 6) is -1.17. The molecule has 0 aliphatic carbocycles. The number of nitrogens with zero attached hydrogens (tertiary/aromatic N) is 2. The molecule has 38 heavy (non-hydrogen) atoms. The summed E-state index contributed by atoms with van der Waals surface area (Å²) in [6, 6.07) is 11.2. The first kappa shape index (κ1) is 26.5. The number of anilines is 1. The van der Waals surface area contributed by atoms with Gasteiger partial charge in [0, 0.05) is 23.8 Å². The van der Waals surface area contributed by atoms with Crippen LogP contribution in [-0.4, -0.2) is 40.5 Å². The minimum absolute atomic E-state index is 0.0379. The second-order valence-electron chi connectivity index (χ2n) is 7.73. The maximum Gasteiger partial charge on any atom is 0.416 e. The van der Waals surface area contributed by atoms with Crippen LogP contribution in [-0.2, 0) is 15.8 Å². The predicted octanol–water partition coefficient (Wildman–Crippen LogP) is 5.56. The maximum absolute atomic E-state index is 13.0. The van der Waals surface area contributed by atoms with Crippen LogP contribution < -0.4 is 10.1 Å². The number of nitrogens with one attached hydrogen (secondary N) is 1. The Morgan fingerprint density at radius 3 is 2.50 bits per heavy atom. The van der Waals surface area contributed by atoms with E-state index < -0.39 is 40.3 Å². The van der Waals surface area contributed by atoms with Crippen LogP contribution in [0.2, 0.25) is 0 Å². The van der Waals surface area contributed by atoms with E-state index >= 15 is 0 Å². The van der Waals surface area contributed by atoms with Gasteiger partial charge in [-0.25, -0.2) is 0 Å². The van der Waals surface area contributed by atoms with Crippen LogP contribution in [0.4, 0.5) is 29.3 Å². The molecular weight excluding hydrogens is 531 g/mol. The van der Waals surface area contributed by atoms with Crippen molar-refractivity contribution in [3.63, 3.8) is 0 Å². The number of carbonyl (C=O) groups excluding carboxylic acids is 3. The second-order valence-corrected chi connectivity index (χ2v) is 8.73. The van der Waals surface area contributed by atoms with Crippen LogP contribution in [0.3, 0.4) is 0 Å². The Morgan fingerprint density at radius 2 is 1.87 bits per heavy atom. The van der Waals surface area contributed by atoms with E-state index in [1.165, 1.54) is 43.5 Å². The lowest BCUT2D eigenvalue weighted by atomic mass is 10.1. The highest BCUT2D eigenvalue weighted by Gasteiger charge is 2.37. The van der Waals surface area contributed by atoms with Crippen LogP contribution in [0, 0.1) is 10.1 Å². The fraction of sp³-hybridized carbons (Fsp3) is 0.125. The smallest absolute Gasteiger partial charge is 0.416 e. The number of carbonyl (C=O) groups is 3. The van der Waals surface area contributed by atoms with Crippen LogP contribution >= 0.6 is 11.8 Å². The lowest BCUT2D eigenvalue weighted by Crippen LogP contribution is -2.36. The molecule has 2 heterocycles. The van der Waals surface area contributed by atoms with Gasteiger partial charge in [-0.3, -0.25) is 29.4 Å². The number of furan rings is 1. The fourth-order valence-electron chi connectivity index (χ4n) is 3.41. The lowest BCUT2D eigenvalue weighted by Gasteiger charge is -2.16. The Bertz CT molecular complexity index is 1470. The molecule has 0 unspecified atom stereocenters. The molecule has 0 bridgehead atoms. The molecule has 1 aliphatic rings. The Labute approximate surface area is 216 Å². The molecule has 0 radical (unpaired) electrons. The number of nitro groups is 1. The molecule has 2 aromatic carbocycles. The SMILES string of the molecule is COc1ccc(C(F)(F)F)cc1NC(=O)CN1C(=O)S/C(=C\c2ccc(-c3ccc([N+](=O)[O-])cc3)o2)C1=O. The number of hydrogen-bond acceptors (Lipinski definition) is 8. The van der Waals surface area contributed by atoms with Crippen molar-refractivity contribution in [2.75, 3.05) is 19.0 Å². The topological polar surface area (TPSA) is 132 Å². The number of nitro benzene ring substituents is 1. The molecule has 0 spiro atoms. The third kappa shape index (κ3) is 5.70. The Hall–Kier alpha value is -4.59. The average Bonchev–Trinajstić information content (AvgIpc) is 3.43. The van der Waals surface area contributed by atoms with Crippen molar-refractivity contribution in [3.8, 4) is 17.1 Å². The molecule has 0 atom stereocenters. The van der Waals surface area contributed by atoms with Gasteiger partial charge in [-0.15, -0.1) is 0 Å². The molecule has 10 nitrogen and oxygen atoms in total. The molecule has 3 amide bonds. The predicted molar refractivity (Wildman–Crippen MR) is 130 cm³/mol. The molecule has 1 N–H and O–H groups in total. The summed E-state index contributed by atoms with van der Waals surface area (Å²) in [5.41, 5.74) is -0.840. The summed E-state index contributed by atoms with van der Waals surface area (Å²) >= 11 is 0.559. The summed E-state index contributed by atoms with van der Waals surface area (Å²) in [5, 5.41) is 12.3. The van der Waals surface area contributed by atoms with Gasteiger partial charge in [0.2, 0.25) is 5.91 Å². The summed E-state index contributed by atoms with van der Waals surface area (Å²) in [6.07, 6.45) is -3.36. The number of thioether (sulfide) groups is 1. The van der Waals surface area contributed by atoms with Crippen molar-refractivity contribution < 1.29 is 41.6 Å². The van der Waals surface area contributed by atoms with E-state index in [0.29, 0.717) is 34.1 Å². The minimum Gasteiger partial charge on any atom is -0.495 e. The summed E-state index contributed by atoms with van der Waals surface area (Å²) in [4.78, 5) is 48.5. The van der Waals surface area contributed by atoms with Gasteiger partial charge in [0.25, 0.3) is 16.8 Å². The van der Waals surface area contributed by atoms with E-state index in [4.69, 9.17) is 9.15 Å². The Kier molecular flexibility index (Phi) is 7.26. The molecule has 196 valence electrons. The van der Waals surface area contributed by atoms with Gasteiger partial charge in [0.05, 0.1) is 28.2 Å². The molecule has 0 saturated carbocycles. The lowest BCUT2D eigenvalue weighted by molar-refractivity contribution is -0.384. The van der Waals surface area contributed by atoms with Gasteiger partial charge in [0.15, 0.2) is 0 Å². The van der Waals surface area contributed by atoms with Crippen LogP contribution in [0.5, 0.6) is 5.75 Å². The number of hydrogen-bond donors (Lipinski definition) is 1. The van der Waals surface area contributed by atoms with Gasteiger partial charge in [-0.2, -0.15) is 13.2 Å². The van der Waals surface area contributed by atoms with Gasteiger partial charge in [-0.05, 0) is 54.2 Å². The summed E-state index contributed by atoms with van der Waals surface area (Å²) in [6.45, 7) is -0.742. The third-order valence-corrected chi connectivity index (χ3v) is 6.15. The number of amides is 3. The first-order chi connectivity index (χ1) is 18.0. The van der Waals surface area contributed by atoms with Gasteiger partial charge >= 0.3 is 6.18 Å². The van der Waals surface area contributed by atoms with E-state index in [-0.39, 0.29) is 27.8 Å². The molecule has 1 aromatic heterocycles. The average molecular weight is 547 g/mol. The zero-order valence-corrected chi connectivity index (χ0v) is 20.1. The summed E-state index contributed by atoms with van der Waals surface area (Å²) in [7, 11) is 1.21. The Balaban J connectivity index is 1.46. The van der Waals surface area contributed by atoms with Crippen molar-refractivity contribution in [1.29, 1.82) is 0 Å². The van der Waals surface area contributed by atoms with Crippen molar-refractivity contribution in [2.45, 2.75) is 6.18 Å². The van der Waals surface area contributed by atoms with Crippen LogP contribution in [0.25, 0.3) is 17.4 Å². The first-order valence-corrected chi connectivity index (χ1v) is 11.4. The molecule has 1 saturated heterocycles. The van der Waals surface area contributed by atoms with Gasteiger partial charge in [0.1, 0.15) is 23.8 Å². The number of alkyl halides is 3. The quantitative estimate of drug-likeness (QED) is 0.231. The molecule has 1 fully saturated rings. The molecule has 4 rings (SSSR count). The van der Waals surface area contributed by atoms with E-state index in [1.807, 2.05) is 0 Å². The molecular formula is C24H16F3N3O7S. The van der Waals surface area contributed by atoms with Gasteiger partial charge in [-0.1, -0.05) is 0 Å².